The van der Waals surface area contributed by atoms with E-state index in [1.165, 1.54) is 7.05 Å². The quantitative estimate of drug-likeness (QED) is 0.598. The van der Waals surface area contributed by atoms with E-state index >= 15 is 0 Å². The maximum Gasteiger partial charge on any atom is 0.255 e. The summed E-state index contributed by atoms with van der Waals surface area (Å²) in [5.74, 6) is 1.36. The molecule has 0 aliphatic carbocycles. The minimum absolute atomic E-state index is 0.311. The van der Waals surface area contributed by atoms with Crippen LogP contribution in [0.25, 0.3) is 0 Å². The van der Waals surface area contributed by atoms with Gasteiger partial charge in [0.05, 0.1) is 18.8 Å². The fourth-order valence-corrected chi connectivity index (χ4v) is 1.88. The molecule has 7 heteroatoms. The Labute approximate surface area is 117 Å². The van der Waals surface area contributed by atoms with Crippen molar-refractivity contribution < 1.29 is 13.3 Å². The van der Waals surface area contributed by atoms with Gasteiger partial charge in [-0.25, -0.2) is 8.78 Å². The summed E-state index contributed by atoms with van der Waals surface area (Å²) in [6.45, 7) is 4.14. The predicted octanol–water partition coefficient (Wildman–Crippen LogP) is 2.51. The summed E-state index contributed by atoms with van der Waals surface area (Å²) in [6.07, 6.45) is -0.401. The van der Waals surface area contributed by atoms with E-state index in [1.54, 1.807) is 0 Å². The molecule has 1 aromatic rings. The molecule has 5 nitrogen and oxygen atoms in total. The Morgan fingerprint density at radius 3 is 2.60 bits per heavy atom. The van der Waals surface area contributed by atoms with Gasteiger partial charge in [-0.1, -0.05) is 19.0 Å². The summed E-state index contributed by atoms with van der Waals surface area (Å²) in [4.78, 5) is 3.85. The van der Waals surface area contributed by atoms with Gasteiger partial charge in [0.1, 0.15) is 0 Å². The topological polar surface area (TPSA) is 62.5 Å². The molecule has 0 saturated carbocycles. The number of nitrogens with zero attached hydrogens (tertiary/aromatic N) is 2. The second-order valence-corrected chi connectivity index (χ2v) is 4.43. The van der Waals surface area contributed by atoms with E-state index < -0.39 is 13.0 Å². The third-order valence-electron chi connectivity index (χ3n) is 3.06. The summed E-state index contributed by atoms with van der Waals surface area (Å²) in [7, 11) is 1.52. The van der Waals surface area contributed by atoms with Crippen LogP contribution in [-0.4, -0.2) is 31.1 Å². The SMILES string of the molecule is CCC(CC)c1cc(CNC(=NC)NCC(F)F)on1. The largest absolute Gasteiger partial charge is 0.359 e. The van der Waals surface area contributed by atoms with Crippen molar-refractivity contribution in [3.8, 4) is 0 Å². The lowest BCUT2D eigenvalue weighted by atomic mass is 9.99. The van der Waals surface area contributed by atoms with Crippen molar-refractivity contribution >= 4 is 5.96 Å². The van der Waals surface area contributed by atoms with E-state index in [0.29, 0.717) is 24.2 Å². The van der Waals surface area contributed by atoms with E-state index in [4.69, 9.17) is 4.52 Å². The molecule has 0 saturated heterocycles. The summed E-state index contributed by atoms with van der Waals surface area (Å²) in [5, 5.41) is 9.46. The highest BCUT2D eigenvalue weighted by Crippen LogP contribution is 2.22. The zero-order valence-electron chi connectivity index (χ0n) is 12.1. The second kappa shape index (κ2) is 8.50. The second-order valence-electron chi connectivity index (χ2n) is 4.43. The fourth-order valence-electron chi connectivity index (χ4n) is 1.88. The fraction of sp³-hybridized carbons (Fsp3) is 0.692. The molecular weight excluding hydrogens is 266 g/mol. The first-order chi connectivity index (χ1) is 9.60. The smallest absolute Gasteiger partial charge is 0.255 e. The zero-order valence-corrected chi connectivity index (χ0v) is 12.1. The molecule has 0 amide bonds. The molecule has 0 radical (unpaired) electrons. The van der Waals surface area contributed by atoms with Crippen molar-refractivity contribution in [2.24, 2.45) is 4.99 Å². The number of nitrogens with one attached hydrogen (secondary N) is 2. The van der Waals surface area contributed by atoms with Gasteiger partial charge < -0.3 is 15.2 Å². The molecule has 0 bridgehead atoms. The van der Waals surface area contributed by atoms with Gasteiger partial charge in [-0.15, -0.1) is 0 Å². The van der Waals surface area contributed by atoms with Crippen LogP contribution < -0.4 is 10.6 Å². The third-order valence-corrected chi connectivity index (χ3v) is 3.06. The normalized spacial score (nSPS) is 12.2. The van der Waals surface area contributed by atoms with Crippen molar-refractivity contribution in [2.45, 2.75) is 45.6 Å². The van der Waals surface area contributed by atoms with E-state index in [1.807, 2.05) is 6.07 Å². The van der Waals surface area contributed by atoms with Crippen LogP contribution in [0.15, 0.2) is 15.6 Å². The molecule has 0 atom stereocenters. The lowest BCUT2D eigenvalue weighted by Crippen LogP contribution is -2.39. The van der Waals surface area contributed by atoms with Crippen molar-refractivity contribution in [3.05, 3.63) is 17.5 Å². The summed E-state index contributed by atoms with van der Waals surface area (Å²) < 4.78 is 29.4. The number of halogens is 2. The highest BCUT2D eigenvalue weighted by molar-refractivity contribution is 5.79. The van der Waals surface area contributed by atoms with Gasteiger partial charge in [-0.05, 0) is 12.8 Å². The average molecular weight is 288 g/mol. The van der Waals surface area contributed by atoms with Crippen molar-refractivity contribution in [1.29, 1.82) is 0 Å². The lowest BCUT2D eigenvalue weighted by molar-refractivity contribution is 0.152. The molecule has 114 valence electrons. The summed E-state index contributed by atoms with van der Waals surface area (Å²) in [6, 6.07) is 1.89. The van der Waals surface area contributed by atoms with E-state index in [0.717, 1.165) is 18.5 Å². The van der Waals surface area contributed by atoms with Gasteiger partial charge in [0.25, 0.3) is 6.43 Å². The van der Waals surface area contributed by atoms with Crippen LogP contribution in [0.3, 0.4) is 0 Å². The molecule has 1 rings (SSSR count). The number of guanidine groups is 1. The van der Waals surface area contributed by atoms with Crippen LogP contribution in [-0.2, 0) is 6.54 Å². The summed E-state index contributed by atoms with van der Waals surface area (Å²) in [5.41, 5.74) is 0.933. The van der Waals surface area contributed by atoms with Crippen LogP contribution in [0.5, 0.6) is 0 Å². The Bertz CT molecular complexity index is 416. The number of hydrogen-bond acceptors (Lipinski definition) is 3. The predicted molar refractivity (Wildman–Crippen MR) is 74.0 cm³/mol. The maximum absolute atomic E-state index is 12.1. The Morgan fingerprint density at radius 2 is 2.05 bits per heavy atom. The molecule has 0 spiro atoms. The lowest BCUT2D eigenvalue weighted by Gasteiger charge is -2.09. The van der Waals surface area contributed by atoms with Gasteiger partial charge in [0, 0.05) is 19.0 Å². The third kappa shape index (κ3) is 5.14. The first-order valence-electron chi connectivity index (χ1n) is 6.78. The van der Waals surface area contributed by atoms with Gasteiger partial charge >= 0.3 is 0 Å². The van der Waals surface area contributed by atoms with Crippen molar-refractivity contribution in [3.63, 3.8) is 0 Å². The van der Waals surface area contributed by atoms with Crippen LogP contribution in [0, 0.1) is 0 Å². The first-order valence-corrected chi connectivity index (χ1v) is 6.78. The van der Waals surface area contributed by atoms with E-state index in [2.05, 4.69) is 34.6 Å². The highest BCUT2D eigenvalue weighted by atomic mass is 19.3. The van der Waals surface area contributed by atoms with E-state index in [-0.39, 0.29) is 0 Å². The first kappa shape index (κ1) is 16.4. The number of aromatic nitrogens is 1. The Kier molecular flexibility index (Phi) is 6.97. The number of aliphatic imine (C=N–C) groups is 1. The molecule has 0 unspecified atom stereocenters. The summed E-state index contributed by atoms with van der Waals surface area (Å²) >= 11 is 0. The molecule has 0 aromatic carbocycles. The van der Waals surface area contributed by atoms with Gasteiger partial charge in [-0.2, -0.15) is 0 Å². The van der Waals surface area contributed by atoms with Crippen molar-refractivity contribution in [1.82, 2.24) is 15.8 Å². The van der Waals surface area contributed by atoms with Crippen LogP contribution in [0.1, 0.15) is 44.1 Å². The molecule has 1 aromatic heterocycles. The average Bonchev–Trinajstić information content (AvgIpc) is 2.89. The zero-order chi connectivity index (χ0) is 15.0. The Hall–Kier alpha value is -1.66. The van der Waals surface area contributed by atoms with Gasteiger partial charge in [0.2, 0.25) is 0 Å². The molecule has 0 aliphatic rings. The van der Waals surface area contributed by atoms with Gasteiger partial charge in [0.15, 0.2) is 11.7 Å². The van der Waals surface area contributed by atoms with Crippen LogP contribution in [0.2, 0.25) is 0 Å². The molecule has 0 aliphatic heterocycles. The Morgan fingerprint density at radius 1 is 1.35 bits per heavy atom. The molecular formula is C13H22F2N4O. The standard InChI is InChI=1S/C13H22F2N4O/c1-4-9(5-2)11-6-10(20-19-11)7-17-13(16-3)18-8-12(14)15/h6,9,12H,4-5,7-8H2,1-3H3,(H2,16,17,18). The van der Waals surface area contributed by atoms with E-state index in [9.17, 15) is 8.78 Å². The Balaban J connectivity index is 2.48. The molecule has 0 fully saturated rings. The van der Waals surface area contributed by atoms with Crippen LogP contribution in [0.4, 0.5) is 8.78 Å². The van der Waals surface area contributed by atoms with Crippen LogP contribution >= 0.6 is 0 Å². The monoisotopic (exact) mass is 288 g/mol. The van der Waals surface area contributed by atoms with Crippen molar-refractivity contribution in [2.75, 3.05) is 13.6 Å². The number of hydrogen-bond donors (Lipinski definition) is 2. The number of alkyl halides is 2. The number of rotatable bonds is 7. The highest BCUT2D eigenvalue weighted by Gasteiger charge is 2.13. The molecule has 1 heterocycles. The minimum Gasteiger partial charge on any atom is -0.359 e. The maximum atomic E-state index is 12.1. The molecule has 2 N–H and O–H groups in total. The minimum atomic E-state index is -2.42. The van der Waals surface area contributed by atoms with Gasteiger partial charge in [-0.3, -0.25) is 4.99 Å². The molecule has 20 heavy (non-hydrogen) atoms.